The van der Waals surface area contributed by atoms with Gasteiger partial charge in [-0.25, -0.2) is 0 Å². The Bertz CT molecular complexity index is 1070. The van der Waals surface area contributed by atoms with Crippen molar-refractivity contribution >= 4 is 35.0 Å². The molecule has 3 aromatic rings. The van der Waals surface area contributed by atoms with Crippen LogP contribution < -0.4 is 15.4 Å². The summed E-state index contributed by atoms with van der Waals surface area (Å²) in [7, 11) is 3.33. The smallest absolute Gasteiger partial charge is 0.234 e. The molecule has 0 fully saturated rings. The number of hydrogen-bond donors (Lipinski definition) is 2. The van der Waals surface area contributed by atoms with Gasteiger partial charge < -0.3 is 19.9 Å². The summed E-state index contributed by atoms with van der Waals surface area (Å²) >= 11 is 1.25. The van der Waals surface area contributed by atoms with Gasteiger partial charge in [-0.15, -0.1) is 10.2 Å². The molecule has 0 saturated heterocycles. The third kappa shape index (κ3) is 5.85. The summed E-state index contributed by atoms with van der Waals surface area (Å²) in [6.07, 6.45) is 0.924. The molecule has 0 saturated carbocycles. The topological polar surface area (TPSA) is 98.1 Å². The molecule has 2 N–H and O–H groups in total. The van der Waals surface area contributed by atoms with Crippen LogP contribution in [0.4, 0.5) is 11.4 Å². The van der Waals surface area contributed by atoms with Crippen LogP contribution in [0.25, 0.3) is 0 Å². The number of hydrogen-bond acceptors (Lipinski definition) is 6. The highest BCUT2D eigenvalue weighted by atomic mass is 32.2. The maximum absolute atomic E-state index is 12.5. The molecule has 0 unspecified atom stereocenters. The lowest BCUT2D eigenvalue weighted by Crippen LogP contribution is -2.18. The summed E-state index contributed by atoms with van der Waals surface area (Å²) in [5, 5.41) is 14.5. The number of aromatic nitrogens is 3. The van der Waals surface area contributed by atoms with E-state index in [1.807, 2.05) is 43.3 Å². The molecule has 162 valence electrons. The predicted octanol–water partition coefficient (Wildman–Crippen LogP) is 3.30. The van der Waals surface area contributed by atoms with Gasteiger partial charge in [-0.05, 0) is 30.2 Å². The summed E-state index contributed by atoms with van der Waals surface area (Å²) in [6.45, 7) is 2.04. The minimum Gasteiger partial charge on any atom is -0.495 e. The Labute approximate surface area is 185 Å². The zero-order chi connectivity index (χ0) is 22.2. The molecule has 2 aromatic carbocycles. The number of carbonyl (C=O) groups excluding carboxylic acids is 2. The Morgan fingerprint density at radius 3 is 2.42 bits per heavy atom. The van der Waals surface area contributed by atoms with Crippen molar-refractivity contribution in [3.8, 4) is 5.75 Å². The van der Waals surface area contributed by atoms with Crippen LogP contribution in [-0.2, 0) is 29.5 Å². The molecule has 0 spiro atoms. The van der Waals surface area contributed by atoms with E-state index in [-0.39, 0.29) is 24.0 Å². The molecular weight excluding hydrogens is 414 g/mol. The van der Waals surface area contributed by atoms with E-state index in [1.165, 1.54) is 11.8 Å². The number of carbonyl (C=O) groups is 2. The van der Waals surface area contributed by atoms with E-state index >= 15 is 0 Å². The number of rotatable bonds is 9. The summed E-state index contributed by atoms with van der Waals surface area (Å²) in [5.74, 6) is 0.923. The van der Waals surface area contributed by atoms with E-state index in [0.717, 1.165) is 17.7 Å². The first kappa shape index (κ1) is 22.4. The standard InChI is InChI=1S/C22H25N5O3S/c1-4-15-9-5-6-10-16(15)23-20(28)13-19-25-26-22(27(19)2)31-14-21(29)24-17-11-7-8-12-18(17)30-3/h5-12H,4,13-14H2,1-3H3,(H,23,28)(H,24,29). The highest BCUT2D eigenvalue weighted by Gasteiger charge is 2.16. The molecule has 0 aliphatic rings. The normalized spacial score (nSPS) is 10.5. The Kier molecular flexibility index (Phi) is 7.66. The zero-order valence-electron chi connectivity index (χ0n) is 17.7. The Morgan fingerprint density at radius 2 is 1.68 bits per heavy atom. The molecule has 2 amide bonds. The van der Waals surface area contributed by atoms with Gasteiger partial charge in [-0.1, -0.05) is 49.0 Å². The number of methoxy groups -OCH3 is 1. The van der Waals surface area contributed by atoms with Gasteiger partial charge in [-0.2, -0.15) is 0 Å². The molecule has 0 bridgehead atoms. The molecule has 3 rings (SSSR count). The van der Waals surface area contributed by atoms with E-state index in [0.29, 0.717) is 22.4 Å². The first-order valence-electron chi connectivity index (χ1n) is 9.83. The van der Waals surface area contributed by atoms with Gasteiger partial charge >= 0.3 is 0 Å². The molecule has 31 heavy (non-hydrogen) atoms. The van der Waals surface area contributed by atoms with Crippen molar-refractivity contribution in [1.29, 1.82) is 0 Å². The molecular formula is C22H25N5O3S. The number of anilines is 2. The molecule has 1 heterocycles. The highest BCUT2D eigenvalue weighted by molar-refractivity contribution is 7.99. The second-order valence-corrected chi connectivity index (χ2v) is 7.67. The van der Waals surface area contributed by atoms with E-state index in [2.05, 4.69) is 20.8 Å². The molecule has 0 aliphatic carbocycles. The summed E-state index contributed by atoms with van der Waals surface area (Å²) in [4.78, 5) is 24.8. The maximum Gasteiger partial charge on any atom is 0.234 e. The predicted molar refractivity (Wildman–Crippen MR) is 122 cm³/mol. The van der Waals surface area contributed by atoms with Crippen molar-refractivity contribution in [2.24, 2.45) is 7.05 Å². The van der Waals surface area contributed by atoms with Crippen LogP contribution in [0, 0.1) is 0 Å². The lowest BCUT2D eigenvalue weighted by Gasteiger charge is -2.10. The van der Waals surface area contributed by atoms with E-state index in [1.54, 1.807) is 30.9 Å². The van der Waals surface area contributed by atoms with Gasteiger partial charge in [-0.3, -0.25) is 9.59 Å². The van der Waals surface area contributed by atoms with Gasteiger partial charge in [0.2, 0.25) is 11.8 Å². The minimum absolute atomic E-state index is 0.0928. The summed E-state index contributed by atoms with van der Waals surface area (Å²) < 4.78 is 6.97. The van der Waals surface area contributed by atoms with Crippen LogP contribution in [-0.4, -0.2) is 39.4 Å². The van der Waals surface area contributed by atoms with Crippen molar-refractivity contribution in [1.82, 2.24) is 14.8 Å². The second kappa shape index (κ2) is 10.6. The fraction of sp³-hybridized carbons (Fsp3) is 0.273. The lowest BCUT2D eigenvalue weighted by molar-refractivity contribution is -0.116. The van der Waals surface area contributed by atoms with Crippen molar-refractivity contribution < 1.29 is 14.3 Å². The molecule has 8 nitrogen and oxygen atoms in total. The van der Waals surface area contributed by atoms with Crippen molar-refractivity contribution in [3.63, 3.8) is 0 Å². The fourth-order valence-corrected chi connectivity index (χ4v) is 3.71. The molecule has 9 heteroatoms. The third-order valence-corrected chi connectivity index (χ3v) is 5.65. The van der Waals surface area contributed by atoms with Gasteiger partial charge in [0.15, 0.2) is 5.16 Å². The number of ether oxygens (including phenoxy) is 1. The van der Waals surface area contributed by atoms with Crippen LogP contribution in [0.15, 0.2) is 53.7 Å². The van der Waals surface area contributed by atoms with Crippen LogP contribution in [0.3, 0.4) is 0 Å². The number of nitrogens with one attached hydrogen (secondary N) is 2. The second-order valence-electron chi connectivity index (χ2n) is 6.73. The van der Waals surface area contributed by atoms with Gasteiger partial charge in [0.05, 0.1) is 25.0 Å². The number of para-hydroxylation sites is 3. The Balaban J connectivity index is 1.56. The number of nitrogens with zero attached hydrogens (tertiary/aromatic N) is 3. The van der Waals surface area contributed by atoms with Crippen LogP contribution in [0.2, 0.25) is 0 Å². The monoisotopic (exact) mass is 439 g/mol. The lowest BCUT2D eigenvalue weighted by atomic mass is 10.1. The van der Waals surface area contributed by atoms with Gasteiger partial charge in [0, 0.05) is 12.7 Å². The van der Waals surface area contributed by atoms with E-state index in [4.69, 9.17) is 4.74 Å². The quantitative estimate of drug-likeness (QED) is 0.497. The fourth-order valence-electron chi connectivity index (χ4n) is 2.98. The van der Waals surface area contributed by atoms with Gasteiger partial charge in [0.1, 0.15) is 11.6 Å². The van der Waals surface area contributed by atoms with Crippen LogP contribution in [0.5, 0.6) is 5.75 Å². The average Bonchev–Trinajstić information content (AvgIpc) is 3.12. The van der Waals surface area contributed by atoms with Crippen LogP contribution >= 0.6 is 11.8 Å². The van der Waals surface area contributed by atoms with Gasteiger partial charge in [0.25, 0.3) is 0 Å². The third-order valence-electron chi connectivity index (χ3n) is 4.63. The molecule has 0 atom stereocenters. The summed E-state index contributed by atoms with van der Waals surface area (Å²) in [5.41, 5.74) is 2.49. The van der Waals surface area contributed by atoms with E-state index < -0.39 is 0 Å². The minimum atomic E-state index is -0.187. The van der Waals surface area contributed by atoms with Crippen molar-refractivity contribution in [3.05, 3.63) is 59.9 Å². The SMILES string of the molecule is CCc1ccccc1NC(=O)Cc1nnc(SCC(=O)Nc2ccccc2OC)n1C. The average molecular weight is 440 g/mol. The van der Waals surface area contributed by atoms with Crippen molar-refractivity contribution in [2.45, 2.75) is 24.9 Å². The summed E-state index contributed by atoms with van der Waals surface area (Å²) in [6, 6.07) is 14.9. The van der Waals surface area contributed by atoms with Crippen molar-refractivity contribution in [2.75, 3.05) is 23.5 Å². The zero-order valence-corrected chi connectivity index (χ0v) is 18.5. The maximum atomic E-state index is 12.5. The number of amides is 2. The van der Waals surface area contributed by atoms with Crippen LogP contribution in [0.1, 0.15) is 18.3 Å². The molecule has 0 radical (unpaired) electrons. The number of aryl methyl sites for hydroxylation is 1. The molecule has 0 aliphatic heterocycles. The Hall–Kier alpha value is -3.33. The van der Waals surface area contributed by atoms with E-state index in [9.17, 15) is 9.59 Å². The first-order valence-corrected chi connectivity index (χ1v) is 10.8. The highest BCUT2D eigenvalue weighted by Crippen LogP contribution is 2.24. The Morgan fingerprint density at radius 1 is 1.00 bits per heavy atom. The number of thioether (sulfide) groups is 1. The number of benzene rings is 2. The molecule has 1 aromatic heterocycles. The largest absolute Gasteiger partial charge is 0.495 e. The first-order chi connectivity index (χ1) is 15.0.